The van der Waals surface area contributed by atoms with Crippen LogP contribution in [0.5, 0.6) is 0 Å². The number of H-pyrrole nitrogens is 1. The van der Waals surface area contributed by atoms with Crippen LogP contribution in [0.2, 0.25) is 0 Å². The molecule has 0 spiro atoms. The van der Waals surface area contributed by atoms with E-state index >= 15 is 0 Å². The minimum Gasteiger partial charge on any atom is -0.479 e. The van der Waals surface area contributed by atoms with Crippen LogP contribution in [0.4, 0.5) is 0 Å². The standard InChI is InChI=1S/C26H25N5O3/c1-15-21(23(25(32)33)34-26(2,3)4)22(18-12-17-10-11-27-24(17)28-14-18)31-20(29-15)13-19(30-31)16-8-6-5-7-9-16/h5-14,23H,1-4H3,(H,27,28)(H,32,33). The summed E-state index contributed by atoms with van der Waals surface area (Å²) >= 11 is 0. The van der Waals surface area contributed by atoms with E-state index in [1.54, 1.807) is 17.6 Å². The summed E-state index contributed by atoms with van der Waals surface area (Å²) in [7, 11) is 0. The van der Waals surface area contributed by atoms with Crippen LogP contribution in [0.3, 0.4) is 0 Å². The fraction of sp³-hybridized carbons (Fsp3) is 0.231. The summed E-state index contributed by atoms with van der Waals surface area (Å²) in [4.78, 5) is 24.8. The number of hydrogen-bond acceptors (Lipinski definition) is 5. The highest BCUT2D eigenvalue weighted by Crippen LogP contribution is 2.36. The summed E-state index contributed by atoms with van der Waals surface area (Å²) in [5.41, 5.74) is 4.69. The Labute approximate surface area is 196 Å². The highest BCUT2D eigenvalue weighted by Gasteiger charge is 2.33. The normalized spacial score (nSPS) is 12.9. The lowest BCUT2D eigenvalue weighted by Crippen LogP contribution is -2.29. The van der Waals surface area contributed by atoms with E-state index in [-0.39, 0.29) is 0 Å². The fourth-order valence-corrected chi connectivity index (χ4v) is 4.13. The number of rotatable bonds is 5. The smallest absolute Gasteiger partial charge is 0.337 e. The zero-order valence-corrected chi connectivity index (χ0v) is 19.4. The number of aryl methyl sites for hydroxylation is 1. The maximum absolute atomic E-state index is 12.4. The van der Waals surface area contributed by atoms with Gasteiger partial charge in [0.2, 0.25) is 0 Å². The number of carbonyl (C=O) groups is 1. The lowest BCUT2D eigenvalue weighted by Gasteiger charge is -2.27. The molecule has 0 aliphatic heterocycles. The quantitative estimate of drug-likeness (QED) is 0.378. The third-order valence-corrected chi connectivity index (χ3v) is 5.53. The molecule has 0 amide bonds. The molecule has 8 heteroatoms. The number of hydrogen-bond donors (Lipinski definition) is 2. The van der Waals surface area contributed by atoms with Crippen LogP contribution in [0.25, 0.3) is 39.2 Å². The van der Waals surface area contributed by atoms with Crippen molar-refractivity contribution in [3.8, 4) is 22.5 Å². The van der Waals surface area contributed by atoms with Crippen LogP contribution in [-0.4, -0.2) is 41.2 Å². The Balaban J connectivity index is 1.83. The average molecular weight is 456 g/mol. The molecule has 34 heavy (non-hydrogen) atoms. The largest absolute Gasteiger partial charge is 0.479 e. The van der Waals surface area contributed by atoms with E-state index in [0.717, 1.165) is 27.9 Å². The monoisotopic (exact) mass is 455 g/mol. The van der Waals surface area contributed by atoms with Gasteiger partial charge in [0.05, 0.1) is 17.0 Å². The van der Waals surface area contributed by atoms with Crippen molar-refractivity contribution in [1.82, 2.24) is 24.6 Å². The van der Waals surface area contributed by atoms with Crippen molar-refractivity contribution in [1.29, 1.82) is 0 Å². The number of ether oxygens (including phenoxy) is 1. The molecule has 1 atom stereocenters. The van der Waals surface area contributed by atoms with Gasteiger partial charge in [-0.2, -0.15) is 5.10 Å². The van der Waals surface area contributed by atoms with Gasteiger partial charge < -0.3 is 14.8 Å². The Morgan fingerprint density at radius 2 is 1.88 bits per heavy atom. The lowest BCUT2D eigenvalue weighted by molar-refractivity contribution is -0.160. The van der Waals surface area contributed by atoms with Gasteiger partial charge in [-0.1, -0.05) is 30.3 Å². The number of aliphatic carboxylic acids is 1. The van der Waals surface area contributed by atoms with Gasteiger partial charge in [0.15, 0.2) is 11.8 Å². The third-order valence-electron chi connectivity index (χ3n) is 5.53. The Morgan fingerprint density at radius 3 is 2.59 bits per heavy atom. The third kappa shape index (κ3) is 3.92. The van der Waals surface area contributed by atoms with Crippen molar-refractivity contribution in [3.63, 3.8) is 0 Å². The zero-order chi connectivity index (χ0) is 24.0. The number of carboxylic acid groups (broad SMARTS) is 1. The molecule has 2 N–H and O–H groups in total. The van der Waals surface area contributed by atoms with Crippen LogP contribution in [0.1, 0.15) is 38.1 Å². The number of aromatic nitrogens is 5. The first-order chi connectivity index (χ1) is 16.2. The average Bonchev–Trinajstić information content (AvgIpc) is 3.43. The minimum absolute atomic E-state index is 0.453. The number of carboxylic acids is 1. The molecule has 8 nitrogen and oxygen atoms in total. The summed E-state index contributed by atoms with van der Waals surface area (Å²) in [5.74, 6) is -1.09. The molecule has 4 aromatic heterocycles. The highest BCUT2D eigenvalue weighted by molar-refractivity contribution is 5.85. The molecule has 0 aliphatic rings. The molecule has 0 bridgehead atoms. The molecule has 5 rings (SSSR count). The van der Waals surface area contributed by atoms with Crippen molar-refractivity contribution >= 4 is 22.6 Å². The summed E-state index contributed by atoms with van der Waals surface area (Å²) in [6.07, 6.45) is 2.30. The van der Waals surface area contributed by atoms with E-state index in [1.165, 1.54) is 0 Å². The second-order valence-electron chi connectivity index (χ2n) is 9.21. The Kier molecular flexibility index (Phi) is 5.17. The van der Waals surface area contributed by atoms with Crippen molar-refractivity contribution in [3.05, 3.63) is 72.2 Å². The predicted octanol–water partition coefficient (Wildman–Crippen LogP) is 5.19. The minimum atomic E-state index is -1.24. The van der Waals surface area contributed by atoms with Gasteiger partial charge in [0.25, 0.3) is 0 Å². The van der Waals surface area contributed by atoms with Crippen LogP contribution in [0, 0.1) is 6.92 Å². The second kappa shape index (κ2) is 8.07. The van der Waals surface area contributed by atoms with E-state index in [2.05, 4.69) is 9.97 Å². The molecule has 0 aliphatic carbocycles. The number of aromatic amines is 1. The molecular formula is C26H25N5O3. The van der Waals surface area contributed by atoms with E-state index in [1.807, 2.05) is 75.5 Å². The van der Waals surface area contributed by atoms with Crippen molar-refractivity contribution in [2.24, 2.45) is 0 Å². The van der Waals surface area contributed by atoms with E-state index in [9.17, 15) is 9.90 Å². The summed E-state index contributed by atoms with van der Waals surface area (Å²) in [6, 6.07) is 15.6. The maximum Gasteiger partial charge on any atom is 0.337 e. The Hall–Kier alpha value is -4.04. The van der Waals surface area contributed by atoms with Crippen LogP contribution in [0.15, 0.2) is 60.9 Å². The fourth-order valence-electron chi connectivity index (χ4n) is 4.13. The van der Waals surface area contributed by atoms with Gasteiger partial charge >= 0.3 is 5.97 Å². The molecule has 0 fully saturated rings. The highest BCUT2D eigenvalue weighted by atomic mass is 16.5. The molecule has 1 unspecified atom stereocenters. The van der Waals surface area contributed by atoms with Gasteiger partial charge in [0, 0.05) is 46.2 Å². The number of nitrogens with one attached hydrogen (secondary N) is 1. The molecule has 0 radical (unpaired) electrons. The van der Waals surface area contributed by atoms with Gasteiger partial charge in [-0.25, -0.2) is 19.3 Å². The van der Waals surface area contributed by atoms with Gasteiger partial charge in [-0.15, -0.1) is 0 Å². The van der Waals surface area contributed by atoms with Gasteiger partial charge in [-0.3, -0.25) is 0 Å². The number of benzene rings is 1. The molecule has 172 valence electrons. The lowest BCUT2D eigenvalue weighted by atomic mass is 9.99. The van der Waals surface area contributed by atoms with Gasteiger partial charge in [-0.05, 0) is 39.8 Å². The number of pyridine rings is 1. The first-order valence-corrected chi connectivity index (χ1v) is 11.0. The van der Waals surface area contributed by atoms with Crippen LogP contribution < -0.4 is 0 Å². The van der Waals surface area contributed by atoms with Crippen LogP contribution in [-0.2, 0) is 9.53 Å². The van der Waals surface area contributed by atoms with E-state index in [0.29, 0.717) is 22.6 Å². The molecule has 0 saturated heterocycles. The Bertz CT molecular complexity index is 1510. The maximum atomic E-state index is 12.4. The molecule has 1 aromatic carbocycles. The van der Waals surface area contributed by atoms with E-state index < -0.39 is 17.7 Å². The second-order valence-corrected chi connectivity index (χ2v) is 9.21. The topological polar surface area (TPSA) is 105 Å². The SMILES string of the molecule is Cc1nc2cc(-c3ccccc3)nn2c(-c2cnc3[nH]ccc3c2)c1C(OC(C)(C)C)C(=O)O. The predicted molar refractivity (Wildman–Crippen MR) is 129 cm³/mol. The summed E-state index contributed by atoms with van der Waals surface area (Å²) in [6.45, 7) is 7.30. The van der Waals surface area contributed by atoms with Crippen LogP contribution >= 0.6 is 0 Å². The molecule has 0 saturated carbocycles. The first-order valence-electron chi connectivity index (χ1n) is 11.0. The molecule has 5 aromatic rings. The van der Waals surface area contributed by atoms with Crippen molar-refractivity contribution in [2.75, 3.05) is 0 Å². The molecular weight excluding hydrogens is 430 g/mol. The first kappa shape index (κ1) is 21.8. The van der Waals surface area contributed by atoms with Crippen molar-refractivity contribution < 1.29 is 14.6 Å². The summed E-state index contributed by atoms with van der Waals surface area (Å²) in [5, 5.41) is 15.9. The zero-order valence-electron chi connectivity index (χ0n) is 19.4. The van der Waals surface area contributed by atoms with E-state index in [4.69, 9.17) is 14.8 Å². The molecule has 4 heterocycles. The number of nitrogens with zero attached hydrogens (tertiary/aromatic N) is 4. The number of fused-ring (bicyclic) bond motifs is 2. The van der Waals surface area contributed by atoms with Gasteiger partial charge in [0.1, 0.15) is 5.65 Å². The Morgan fingerprint density at radius 1 is 1.12 bits per heavy atom. The summed E-state index contributed by atoms with van der Waals surface area (Å²) < 4.78 is 7.73. The van der Waals surface area contributed by atoms with Crippen molar-refractivity contribution in [2.45, 2.75) is 39.4 Å².